The van der Waals surface area contributed by atoms with Crippen LogP contribution < -0.4 is 0 Å². The fourth-order valence-corrected chi connectivity index (χ4v) is 3.62. The van der Waals surface area contributed by atoms with Crippen LogP contribution in [0.3, 0.4) is 0 Å². The molecule has 0 spiro atoms. The van der Waals surface area contributed by atoms with Crippen LogP contribution in [0.15, 0.2) is 12.3 Å². The summed E-state index contributed by atoms with van der Waals surface area (Å²) >= 11 is 0. The number of carbonyl (C=O) groups excluding carboxylic acids is 1. The molecule has 1 saturated heterocycles. The minimum Gasteiger partial charge on any atom is -0.481 e. The van der Waals surface area contributed by atoms with Gasteiger partial charge in [0.15, 0.2) is 0 Å². The lowest BCUT2D eigenvalue weighted by molar-refractivity contribution is -0.167. The average molecular weight is 335 g/mol. The highest BCUT2D eigenvalue weighted by molar-refractivity contribution is 5.80. The van der Waals surface area contributed by atoms with E-state index in [4.69, 9.17) is 0 Å². The van der Waals surface area contributed by atoms with Crippen LogP contribution in [-0.2, 0) is 16.1 Å². The molecule has 132 valence electrons. The Bertz CT molecular complexity index is 625. The molecular weight excluding hydrogens is 310 g/mol. The molecule has 2 N–H and O–H groups in total. The summed E-state index contributed by atoms with van der Waals surface area (Å²) in [6.07, 6.45) is 3.94. The van der Waals surface area contributed by atoms with E-state index in [1.807, 2.05) is 13.0 Å². The topological polar surface area (TPSA) is 95.7 Å². The number of piperidine rings is 1. The number of aromatic nitrogens is 2. The molecule has 1 aliphatic heterocycles. The monoisotopic (exact) mass is 335 g/mol. The van der Waals surface area contributed by atoms with Crippen LogP contribution in [0.2, 0.25) is 0 Å². The summed E-state index contributed by atoms with van der Waals surface area (Å²) in [5.41, 5.74) is -0.220. The predicted molar refractivity (Wildman–Crippen MR) is 86.2 cm³/mol. The van der Waals surface area contributed by atoms with E-state index < -0.39 is 17.5 Å². The molecule has 2 heterocycles. The van der Waals surface area contributed by atoms with Gasteiger partial charge in [-0.15, -0.1) is 0 Å². The number of nitrogens with zero attached hydrogens (tertiary/aromatic N) is 3. The van der Waals surface area contributed by atoms with Crippen molar-refractivity contribution in [3.05, 3.63) is 18.0 Å². The van der Waals surface area contributed by atoms with E-state index in [0.717, 1.165) is 18.5 Å². The SMILES string of the molecule is Cc1ccnn1CCC(=O)N1CC[C@@H](O)[C@](CC2CC2)(C(=O)O)C1. The number of aliphatic hydroxyl groups is 1. The van der Waals surface area contributed by atoms with Crippen molar-refractivity contribution in [1.29, 1.82) is 0 Å². The second-order valence-corrected chi connectivity index (χ2v) is 7.17. The number of aryl methyl sites for hydroxylation is 2. The number of likely N-dealkylation sites (tertiary alicyclic amines) is 1. The van der Waals surface area contributed by atoms with Gasteiger partial charge in [-0.05, 0) is 31.7 Å². The van der Waals surface area contributed by atoms with Crippen molar-refractivity contribution in [3.8, 4) is 0 Å². The summed E-state index contributed by atoms with van der Waals surface area (Å²) in [4.78, 5) is 26.0. The fourth-order valence-electron chi connectivity index (χ4n) is 3.62. The second kappa shape index (κ2) is 6.55. The molecule has 24 heavy (non-hydrogen) atoms. The lowest BCUT2D eigenvalue weighted by Gasteiger charge is -2.43. The maximum Gasteiger partial charge on any atom is 0.314 e. The van der Waals surface area contributed by atoms with E-state index >= 15 is 0 Å². The van der Waals surface area contributed by atoms with Gasteiger partial charge in [0.2, 0.25) is 5.91 Å². The van der Waals surface area contributed by atoms with Crippen molar-refractivity contribution in [1.82, 2.24) is 14.7 Å². The van der Waals surface area contributed by atoms with E-state index in [1.165, 1.54) is 0 Å². The highest BCUT2D eigenvalue weighted by Gasteiger charge is 2.52. The van der Waals surface area contributed by atoms with Gasteiger partial charge in [-0.1, -0.05) is 12.8 Å². The Hall–Kier alpha value is -1.89. The lowest BCUT2D eigenvalue weighted by atomic mass is 9.73. The van der Waals surface area contributed by atoms with Crippen molar-refractivity contribution in [2.75, 3.05) is 13.1 Å². The first-order valence-corrected chi connectivity index (χ1v) is 8.60. The van der Waals surface area contributed by atoms with Crippen molar-refractivity contribution < 1.29 is 19.8 Å². The summed E-state index contributed by atoms with van der Waals surface area (Å²) in [6, 6.07) is 1.88. The van der Waals surface area contributed by atoms with Gasteiger partial charge in [0, 0.05) is 37.9 Å². The molecule has 2 aliphatic rings. The predicted octanol–water partition coefficient (Wildman–Crippen LogP) is 1.05. The van der Waals surface area contributed by atoms with Gasteiger partial charge >= 0.3 is 5.97 Å². The van der Waals surface area contributed by atoms with Crippen molar-refractivity contribution >= 4 is 11.9 Å². The number of carboxylic acid groups (broad SMARTS) is 1. The molecule has 1 saturated carbocycles. The third kappa shape index (κ3) is 3.31. The molecule has 1 amide bonds. The molecule has 0 radical (unpaired) electrons. The van der Waals surface area contributed by atoms with Gasteiger partial charge in [0.05, 0.1) is 6.10 Å². The number of carbonyl (C=O) groups is 2. The number of aliphatic carboxylic acids is 1. The zero-order valence-corrected chi connectivity index (χ0v) is 14.0. The summed E-state index contributed by atoms with van der Waals surface area (Å²) in [6.45, 7) is 2.94. The van der Waals surface area contributed by atoms with E-state index in [1.54, 1.807) is 15.8 Å². The van der Waals surface area contributed by atoms with Gasteiger partial charge in [-0.2, -0.15) is 5.10 Å². The Balaban J connectivity index is 1.66. The minimum atomic E-state index is -1.21. The van der Waals surface area contributed by atoms with E-state index in [2.05, 4.69) is 5.10 Å². The Morgan fingerprint density at radius 2 is 2.12 bits per heavy atom. The molecule has 3 rings (SSSR count). The first kappa shape index (κ1) is 17.0. The number of aliphatic hydroxyl groups excluding tert-OH is 1. The van der Waals surface area contributed by atoms with Gasteiger partial charge in [0.1, 0.15) is 5.41 Å². The third-order valence-corrected chi connectivity index (χ3v) is 5.38. The van der Waals surface area contributed by atoms with Crippen LogP contribution in [0, 0.1) is 18.3 Å². The lowest BCUT2D eigenvalue weighted by Crippen LogP contribution is -2.57. The third-order valence-electron chi connectivity index (χ3n) is 5.38. The normalized spacial score (nSPS) is 27.2. The first-order chi connectivity index (χ1) is 11.4. The maximum absolute atomic E-state index is 12.5. The van der Waals surface area contributed by atoms with Crippen LogP contribution in [0.25, 0.3) is 0 Å². The molecule has 1 aromatic heterocycles. The van der Waals surface area contributed by atoms with E-state index in [0.29, 0.717) is 31.8 Å². The Morgan fingerprint density at radius 1 is 1.38 bits per heavy atom. The van der Waals surface area contributed by atoms with Gasteiger partial charge in [-0.25, -0.2) is 0 Å². The molecule has 1 aliphatic carbocycles. The number of rotatable bonds is 6. The molecule has 7 nitrogen and oxygen atoms in total. The van der Waals surface area contributed by atoms with Crippen LogP contribution in [-0.4, -0.2) is 56.0 Å². The molecule has 2 fully saturated rings. The summed E-state index contributed by atoms with van der Waals surface area (Å²) in [5.74, 6) is -0.682. The van der Waals surface area contributed by atoms with Crippen LogP contribution >= 0.6 is 0 Å². The van der Waals surface area contributed by atoms with Crippen molar-refractivity contribution in [2.24, 2.45) is 11.3 Å². The van der Waals surface area contributed by atoms with Crippen LogP contribution in [0.1, 0.15) is 37.8 Å². The average Bonchev–Trinajstić information content (AvgIpc) is 3.26. The molecule has 0 unspecified atom stereocenters. The van der Waals surface area contributed by atoms with Gasteiger partial charge < -0.3 is 15.1 Å². The maximum atomic E-state index is 12.5. The molecule has 1 aromatic rings. The summed E-state index contributed by atoms with van der Waals surface area (Å²) < 4.78 is 1.77. The quantitative estimate of drug-likeness (QED) is 0.810. The minimum absolute atomic E-state index is 0.0711. The molecular formula is C17H25N3O4. The first-order valence-electron chi connectivity index (χ1n) is 8.60. The highest BCUT2D eigenvalue weighted by atomic mass is 16.4. The van der Waals surface area contributed by atoms with E-state index in [-0.39, 0.29) is 18.9 Å². The molecule has 0 aromatic carbocycles. The zero-order valence-electron chi connectivity index (χ0n) is 14.0. The summed E-state index contributed by atoms with van der Waals surface area (Å²) in [5, 5.41) is 24.3. The second-order valence-electron chi connectivity index (χ2n) is 7.17. The molecule has 2 atom stereocenters. The number of amides is 1. The van der Waals surface area contributed by atoms with Gasteiger partial charge in [-0.3, -0.25) is 14.3 Å². The molecule has 7 heteroatoms. The largest absolute Gasteiger partial charge is 0.481 e. The Kier molecular flexibility index (Phi) is 4.62. The van der Waals surface area contributed by atoms with Crippen molar-refractivity contribution in [3.63, 3.8) is 0 Å². The van der Waals surface area contributed by atoms with Crippen LogP contribution in [0.4, 0.5) is 0 Å². The highest BCUT2D eigenvalue weighted by Crippen LogP contribution is 2.45. The van der Waals surface area contributed by atoms with E-state index in [9.17, 15) is 19.8 Å². The number of carboxylic acids is 1. The zero-order chi connectivity index (χ0) is 17.3. The smallest absolute Gasteiger partial charge is 0.314 e. The Labute approximate surface area is 141 Å². The van der Waals surface area contributed by atoms with Gasteiger partial charge in [0.25, 0.3) is 0 Å². The fraction of sp³-hybridized carbons (Fsp3) is 0.706. The Morgan fingerprint density at radius 3 is 2.71 bits per heavy atom. The summed E-state index contributed by atoms with van der Waals surface area (Å²) in [7, 11) is 0. The standard InChI is InChI=1S/C17H25N3O4/c1-12-4-7-18-20(12)9-6-15(22)19-8-5-14(21)17(11-19,16(23)24)10-13-2-3-13/h4,7,13-14,21H,2-3,5-6,8-11H2,1H3,(H,23,24)/t14-,17-/m1/s1. The molecule has 0 bridgehead atoms. The van der Waals surface area contributed by atoms with Crippen molar-refractivity contribution in [2.45, 2.75) is 51.7 Å². The number of hydrogen-bond donors (Lipinski definition) is 2. The van der Waals surface area contributed by atoms with Crippen LogP contribution in [0.5, 0.6) is 0 Å². The number of hydrogen-bond acceptors (Lipinski definition) is 4.